The van der Waals surface area contributed by atoms with Gasteiger partial charge in [0.15, 0.2) is 0 Å². The standard InChI is InChI=1S/C22H29ClFN3O3/c1-12-7-14(30-2)9-15-21(12)26-19-5-6-27(10-16(19)22(15)29)11-20(28)25-13-3-4-18(24)17(23)8-13/h3-4,8,12,14-16,19,21,26H,5-7,9-11H2,1-2H3,(H,25,28). The third-order valence-electron chi connectivity index (χ3n) is 6.94. The molecular formula is C22H29ClFN3O3. The maximum atomic E-state index is 13.3. The summed E-state index contributed by atoms with van der Waals surface area (Å²) in [6, 6.07) is 4.51. The first-order valence-electron chi connectivity index (χ1n) is 10.7. The van der Waals surface area contributed by atoms with E-state index in [-0.39, 0.29) is 47.5 Å². The molecule has 8 heteroatoms. The van der Waals surface area contributed by atoms with Crippen LogP contribution in [0.15, 0.2) is 18.2 Å². The number of methoxy groups -OCH3 is 1. The maximum absolute atomic E-state index is 13.3. The number of piperidine rings is 2. The number of nitrogens with one attached hydrogen (secondary N) is 2. The molecule has 4 rings (SSSR count). The Kier molecular flexibility index (Phi) is 6.44. The molecule has 164 valence electrons. The lowest BCUT2D eigenvalue weighted by Crippen LogP contribution is -2.66. The fraction of sp³-hybridized carbons (Fsp3) is 0.636. The lowest BCUT2D eigenvalue weighted by Gasteiger charge is -2.51. The van der Waals surface area contributed by atoms with Gasteiger partial charge in [-0.25, -0.2) is 4.39 Å². The summed E-state index contributed by atoms with van der Waals surface area (Å²) in [6.45, 7) is 3.72. The van der Waals surface area contributed by atoms with E-state index in [1.807, 2.05) is 4.90 Å². The van der Waals surface area contributed by atoms with Gasteiger partial charge in [-0.3, -0.25) is 14.5 Å². The van der Waals surface area contributed by atoms with E-state index in [9.17, 15) is 14.0 Å². The van der Waals surface area contributed by atoms with Crippen LogP contribution >= 0.6 is 11.6 Å². The molecule has 3 aliphatic rings. The number of ether oxygens (including phenoxy) is 1. The zero-order valence-electron chi connectivity index (χ0n) is 17.4. The Hall–Kier alpha value is -1.54. The number of hydrogen-bond donors (Lipinski definition) is 2. The largest absolute Gasteiger partial charge is 0.381 e. The van der Waals surface area contributed by atoms with Crippen LogP contribution in [0.5, 0.6) is 0 Å². The van der Waals surface area contributed by atoms with Gasteiger partial charge < -0.3 is 15.4 Å². The average Bonchev–Trinajstić information content (AvgIpc) is 2.72. The van der Waals surface area contributed by atoms with Gasteiger partial charge in [0, 0.05) is 49.8 Å². The smallest absolute Gasteiger partial charge is 0.238 e. The second-order valence-electron chi connectivity index (χ2n) is 8.92. The Bertz CT molecular complexity index is 823. The van der Waals surface area contributed by atoms with Crippen molar-refractivity contribution < 1.29 is 18.7 Å². The number of halogens is 2. The lowest BCUT2D eigenvalue weighted by molar-refractivity contribution is -0.140. The zero-order valence-corrected chi connectivity index (χ0v) is 18.1. The Morgan fingerprint density at radius 1 is 1.37 bits per heavy atom. The summed E-state index contributed by atoms with van der Waals surface area (Å²) < 4.78 is 18.9. The van der Waals surface area contributed by atoms with Gasteiger partial charge in [0.25, 0.3) is 0 Å². The van der Waals surface area contributed by atoms with Crippen LogP contribution in [0, 0.1) is 23.6 Å². The summed E-state index contributed by atoms with van der Waals surface area (Å²) in [4.78, 5) is 27.8. The second kappa shape index (κ2) is 8.91. The quantitative estimate of drug-likeness (QED) is 0.757. The van der Waals surface area contributed by atoms with E-state index in [0.717, 1.165) is 25.8 Å². The lowest BCUT2D eigenvalue weighted by atomic mass is 9.66. The summed E-state index contributed by atoms with van der Waals surface area (Å²) in [6.07, 6.45) is 2.73. The summed E-state index contributed by atoms with van der Waals surface area (Å²) in [5, 5.41) is 6.48. The van der Waals surface area contributed by atoms with Crippen LogP contribution in [0.1, 0.15) is 26.2 Å². The minimum Gasteiger partial charge on any atom is -0.381 e. The van der Waals surface area contributed by atoms with E-state index in [2.05, 4.69) is 17.6 Å². The summed E-state index contributed by atoms with van der Waals surface area (Å²) in [7, 11) is 1.72. The van der Waals surface area contributed by atoms with Crippen molar-refractivity contribution in [2.45, 2.75) is 44.4 Å². The predicted molar refractivity (Wildman–Crippen MR) is 113 cm³/mol. The number of ketones is 1. The van der Waals surface area contributed by atoms with Crippen LogP contribution in [0.4, 0.5) is 10.1 Å². The van der Waals surface area contributed by atoms with Gasteiger partial charge in [-0.2, -0.15) is 0 Å². The molecule has 2 saturated heterocycles. The molecule has 1 aromatic carbocycles. The van der Waals surface area contributed by atoms with E-state index in [0.29, 0.717) is 23.9 Å². The van der Waals surface area contributed by atoms with Gasteiger partial charge in [-0.1, -0.05) is 18.5 Å². The van der Waals surface area contributed by atoms with Crippen molar-refractivity contribution in [1.29, 1.82) is 0 Å². The van der Waals surface area contributed by atoms with Crippen LogP contribution in [0.3, 0.4) is 0 Å². The highest BCUT2D eigenvalue weighted by atomic mass is 35.5. The third-order valence-corrected chi connectivity index (χ3v) is 7.23. The second-order valence-corrected chi connectivity index (χ2v) is 9.33. The molecule has 2 heterocycles. The van der Waals surface area contributed by atoms with Crippen LogP contribution < -0.4 is 10.6 Å². The van der Waals surface area contributed by atoms with Crippen molar-refractivity contribution in [3.63, 3.8) is 0 Å². The third kappa shape index (κ3) is 4.40. The van der Waals surface area contributed by atoms with Crippen molar-refractivity contribution in [2.24, 2.45) is 17.8 Å². The highest BCUT2D eigenvalue weighted by molar-refractivity contribution is 6.31. The van der Waals surface area contributed by atoms with Crippen LogP contribution in [0.25, 0.3) is 0 Å². The minimum atomic E-state index is -0.522. The van der Waals surface area contributed by atoms with Crippen LogP contribution in [-0.4, -0.2) is 61.5 Å². The molecule has 0 radical (unpaired) electrons. The number of nitrogens with zero attached hydrogens (tertiary/aromatic N) is 1. The number of benzene rings is 1. The van der Waals surface area contributed by atoms with Gasteiger partial charge in [0.2, 0.25) is 5.91 Å². The Labute approximate surface area is 181 Å². The Morgan fingerprint density at radius 3 is 2.90 bits per heavy atom. The molecule has 3 fully saturated rings. The number of Topliss-reactive ketones (excluding diaryl/α,β-unsaturated/α-hetero) is 1. The number of hydrogen-bond acceptors (Lipinski definition) is 5. The molecule has 6 nitrogen and oxygen atoms in total. The molecule has 2 aliphatic heterocycles. The van der Waals surface area contributed by atoms with Gasteiger partial charge >= 0.3 is 0 Å². The number of fused-ring (bicyclic) bond motifs is 2. The van der Waals surface area contributed by atoms with Crippen molar-refractivity contribution >= 4 is 29.0 Å². The normalized spacial score (nSPS) is 34.2. The SMILES string of the molecule is COC1CC(C)C2NC3CCN(CC(=O)Nc4ccc(F)c(Cl)c4)CC3C(=O)C2C1. The number of carbonyl (C=O) groups is 2. The first kappa shape index (κ1) is 21.7. The van der Waals surface area contributed by atoms with Gasteiger partial charge in [-0.15, -0.1) is 0 Å². The Morgan fingerprint density at radius 2 is 2.17 bits per heavy atom. The molecule has 2 N–H and O–H groups in total. The summed E-state index contributed by atoms with van der Waals surface area (Å²) in [5.41, 5.74) is 0.460. The topological polar surface area (TPSA) is 70.7 Å². The first-order chi connectivity index (χ1) is 14.4. The molecule has 30 heavy (non-hydrogen) atoms. The zero-order chi connectivity index (χ0) is 21.4. The number of likely N-dealkylation sites (tertiary alicyclic amines) is 1. The predicted octanol–water partition coefficient (Wildman–Crippen LogP) is 2.71. The van der Waals surface area contributed by atoms with Crippen molar-refractivity contribution in [1.82, 2.24) is 10.2 Å². The van der Waals surface area contributed by atoms with Crippen LogP contribution in [0.2, 0.25) is 5.02 Å². The molecule has 6 atom stereocenters. The number of amides is 1. The highest BCUT2D eigenvalue weighted by Crippen LogP contribution is 2.39. The Balaban J connectivity index is 1.37. The molecule has 0 aromatic heterocycles. The van der Waals surface area contributed by atoms with E-state index < -0.39 is 5.82 Å². The highest BCUT2D eigenvalue weighted by Gasteiger charge is 2.49. The minimum absolute atomic E-state index is 0.0184. The first-order valence-corrected chi connectivity index (χ1v) is 11.0. The van der Waals surface area contributed by atoms with Crippen molar-refractivity contribution in [3.05, 3.63) is 29.0 Å². The number of anilines is 1. The van der Waals surface area contributed by atoms with Crippen molar-refractivity contribution in [2.75, 3.05) is 32.1 Å². The fourth-order valence-corrected chi connectivity index (χ4v) is 5.58. The summed E-state index contributed by atoms with van der Waals surface area (Å²) >= 11 is 5.78. The van der Waals surface area contributed by atoms with Gasteiger partial charge in [-0.05, 0) is 43.4 Å². The molecule has 1 amide bonds. The fourth-order valence-electron chi connectivity index (χ4n) is 5.40. The molecular weight excluding hydrogens is 409 g/mol. The molecule has 0 spiro atoms. The summed E-state index contributed by atoms with van der Waals surface area (Å²) in [5.74, 6) is -0.120. The van der Waals surface area contributed by atoms with Gasteiger partial charge in [0.05, 0.1) is 17.7 Å². The van der Waals surface area contributed by atoms with Crippen LogP contribution in [-0.2, 0) is 14.3 Å². The molecule has 0 bridgehead atoms. The number of carbonyl (C=O) groups excluding carboxylic acids is 2. The van der Waals surface area contributed by atoms with E-state index in [1.54, 1.807) is 7.11 Å². The maximum Gasteiger partial charge on any atom is 0.238 e. The molecule has 1 aliphatic carbocycles. The van der Waals surface area contributed by atoms with E-state index in [4.69, 9.17) is 16.3 Å². The average molecular weight is 438 g/mol. The van der Waals surface area contributed by atoms with Crippen molar-refractivity contribution in [3.8, 4) is 0 Å². The molecule has 1 saturated carbocycles. The molecule has 1 aromatic rings. The number of rotatable bonds is 4. The molecule has 6 unspecified atom stereocenters. The monoisotopic (exact) mass is 437 g/mol. The van der Waals surface area contributed by atoms with E-state index in [1.165, 1.54) is 18.2 Å². The van der Waals surface area contributed by atoms with Gasteiger partial charge in [0.1, 0.15) is 11.6 Å². The van der Waals surface area contributed by atoms with E-state index >= 15 is 0 Å².